The number of carbonyl (C=O) groups is 1. The second-order valence-electron chi connectivity index (χ2n) is 6.48. The summed E-state index contributed by atoms with van der Waals surface area (Å²) in [4.78, 5) is 16.7. The third kappa shape index (κ3) is 5.62. The van der Waals surface area contributed by atoms with Crippen LogP contribution in [0.4, 0.5) is 10.1 Å². The predicted molar refractivity (Wildman–Crippen MR) is 106 cm³/mol. The number of anilines is 1. The van der Waals surface area contributed by atoms with Crippen LogP contribution in [0, 0.1) is 5.82 Å². The Morgan fingerprint density at radius 2 is 2.00 bits per heavy atom. The second kappa shape index (κ2) is 8.77. The van der Waals surface area contributed by atoms with Crippen molar-refractivity contribution in [2.45, 2.75) is 32.8 Å². The number of carbonyl (C=O) groups excluding carboxylic acids is 1. The molecule has 1 amide bonds. The van der Waals surface area contributed by atoms with Gasteiger partial charge in [0.2, 0.25) is 5.91 Å². The SMILES string of the molecule is CC(C)c1cccc(NC(=O)Cc2csc(COc3ccc(F)cc3)n2)c1. The molecule has 4 nitrogen and oxygen atoms in total. The van der Waals surface area contributed by atoms with Crippen LogP contribution in [0.25, 0.3) is 0 Å². The van der Waals surface area contributed by atoms with E-state index in [2.05, 4.69) is 24.1 Å². The van der Waals surface area contributed by atoms with E-state index in [0.717, 1.165) is 10.7 Å². The summed E-state index contributed by atoms with van der Waals surface area (Å²) < 4.78 is 18.5. The minimum absolute atomic E-state index is 0.104. The first-order valence-corrected chi connectivity index (χ1v) is 9.59. The summed E-state index contributed by atoms with van der Waals surface area (Å²) >= 11 is 1.44. The minimum atomic E-state index is -0.302. The molecular formula is C21H21FN2O2S. The van der Waals surface area contributed by atoms with Crippen LogP contribution in [0.5, 0.6) is 5.75 Å². The maximum Gasteiger partial charge on any atom is 0.230 e. The number of amides is 1. The van der Waals surface area contributed by atoms with Gasteiger partial charge in [-0.3, -0.25) is 4.79 Å². The molecule has 2 aromatic carbocycles. The largest absolute Gasteiger partial charge is 0.486 e. The maximum absolute atomic E-state index is 12.9. The third-order valence-corrected chi connectivity index (χ3v) is 4.83. The van der Waals surface area contributed by atoms with Gasteiger partial charge in [0, 0.05) is 11.1 Å². The van der Waals surface area contributed by atoms with Gasteiger partial charge < -0.3 is 10.1 Å². The molecule has 0 radical (unpaired) electrons. The van der Waals surface area contributed by atoms with Crippen molar-refractivity contribution in [2.24, 2.45) is 0 Å². The van der Waals surface area contributed by atoms with Gasteiger partial charge in [0.1, 0.15) is 23.2 Å². The molecule has 1 aromatic heterocycles. The molecule has 0 saturated carbocycles. The van der Waals surface area contributed by atoms with Crippen LogP contribution >= 0.6 is 11.3 Å². The van der Waals surface area contributed by atoms with E-state index in [0.29, 0.717) is 17.4 Å². The lowest BCUT2D eigenvalue weighted by atomic mass is 10.0. The number of hydrogen-bond acceptors (Lipinski definition) is 4. The van der Waals surface area contributed by atoms with Crippen LogP contribution in [-0.4, -0.2) is 10.9 Å². The van der Waals surface area contributed by atoms with Crippen LogP contribution in [0.2, 0.25) is 0 Å². The fourth-order valence-electron chi connectivity index (χ4n) is 2.52. The lowest BCUT2D eigenvalue weighted by Crippen LogP contribution is -2.14. The molecule has 27 heavy (non-hydrogen) atoms. The van der Waals surface area contributed by atoms with Gasteiger partial charge in [-0.1, -0.05) is 26.0 Å². The number of nitrogens with one attached hydrogen (secondary N) is 1. The Labute approximate surface area is 162 Å². The van der Waals surface area contributed by atoms with Crippen LogP contribution < -0.4 is 10.1 Å². The minimum Gasteiger partial charge on any atom is -0.486 e. The molecule has 1 heterocycles. The fourth-order valence-corrected chi connectivity index (χ4v) is 3.22. The molecule has 0 fully saturated rings. The maximum atomic E-state index is 12.9. The van der Waals surface area contributed by atoms with E-state index in [4.69, 9.17) is 4.74 Å². The van der Waals surface area contributed by atoms with Crippen LogP contribution in [0.15, 0.2) is 53.9 Å². The lowest BCUT2D eigenvalue weighted by Gasteiger charge is -2.09. The zero-order valence-corrected chi connectivity index (χ0v) is 16.1. The zero-order chi connectivity index (χ0) is 19.2. The fraction of sp³-hybridized carbons (Fsp3) is 0.238. The number of aromatic nitrogens is 1. The molecule has 0 saturated heterocycles. The molecule has 0 bridgehead atoms. The number of hydrogen-bond donors (Lipinski definition) is 1. The van der Waals surface area contributed by atoms with E-state index in [1.165, 1.54) is 29.0 Å². The molecule has 0 atom stereocenters. The van der Waals surface area contributed by atoms with Gasteiger partial charge in [-0.15, -0.1) is 11.3 Å². The number of nitrogens with zero attached hydrogens (tertiary/aromatic N) is 1. The van der Waals surface area contributed by atoms with Crippen molar-refractivity contribution in [3.8, 4) is 5.75 Å². The quantitative estimate of drug-likeness (QED) is 0.612. The molecule has 6 heteroatoms. The van der Waals surface area contributed by atoms with E-state index in [1.54, 1.807) is 12.1 Å². The molecule has 1 N–H and O–H groups in total. The second-order valence-corrected chi connectivity index (χ2v) is 7.42. The highest BCUT2D eigenvalue weighted by Crippen LogP contribution is 2.19. The Kier molecular flexibility index (Phi) is 6.19. The number of benzene rings is 2. The Bertz CT molecular complexity index is 907. The predicted octanol–water partition coefficient (Wildman–Crippen LogP) is 5.17. The van der Waals surface area contributed by atoms with Crippen LogP contribution in [0.3, 0.4) is 0 Å². The molecule has 140 valence electrons. The first kappa shape index (κ1) is 19.0. The van der Waals surface area contributed by atoms with Gasteiger partial charge in [0.15, 0.2) is 0 Å². The van der Waals surface area contributed by atoms with E-state index < -0.39 is 0 Å². The average molecular weight is 384 g/mol. The van der Waals surface area contributed by atoms with E-state index >= 15 is 0 Å². The van der Waals surface area contributed by atoms with Crippen molar-refractivity contribution < 1.29 is 13.9 Å². The average Bonchev–Trinajstić information content (AvgIpc) is 3.08. The summed E-state index contributed by atoms with van der Waals surface area (Å²) in [5.41, 5.74) is 2.68. The number of thiazole rings is 1. The molecule has 0 unspecified atom stereocenters. The summed E-state index contributed by atoms with van der Waals surface area (Å²) in [6.45, 7) is 4.52. The first-order valence-electron chi connectivity index (χ1n) is 8.71. The molecule has 0 aliphatic carbocycles. The summed E-state index contributed by atoms with van der Waals surface area (Å²) in [6, 6.07) is 13.7. The molecule has 0 spiro atoms. The Hall–Kier alpha value is -2.73. The number of rotatable bonds is 7. The van der Waals surface area contributed by atoms with Crippen molar-refractivity contribution in [1.82, 2.24) is 4.98 Å². The number of halogens is 1. The van der Waals surface area contributed by atoms with Crippen molar-refractivity contribution in [3.63, 3.8) is 0 Å². The topological polar surface area (TPSA) is 51.2 Å². The molecule has 3 rings (SSSR count). The van der Waals surface area contributed by atoms with Crippen molar-refractivity contribution in [2.75, 3.05) is 5.32 Å². The van der Waals surface area contributed by atoms with Gasteiger partial charge in [-0.2, -0.15) is 0 Å². The van der Waals surface area contributed by atoms with Gasteiger partial charge in [0.05, 0.1) is 12.1 Å². The molecular weight excluding hydrogens is 363 g/mol. The Morgan fingerprint density at radius 1 is 1.22 bits per heavy atom. The lowest BCUT2D eigenvalue weighted by molar-refractivity contribution is -0.115. The van der Waals surface area contributed by atoms with Gasteiger partial charge >= 0.3 is 0 Å². The van der Waals surface area contributed by atoms with Gasteiger partial charge in [-0.05, 0) is 47.9 Å². The summed E-state index contributed by atoms with van der Waals surface area (Å²) in [5, 5.41) is 5.54. The normalized spacial score (nSPS) is 10.8. The third-order valence-electron chi connectivity index (χ3n) is 3.95. The Morgan fingerprint density at radius 3 is 2.74 bits per heavy atom. The molecule has 3 aromatic rings. The summed E-state index contributed by atoms with van der Waals surface area (Å²) in [5.74, 6) is 0.580. The highest BCUT2D eigenvalue weighted by molar-refractivity contribution is 7.09. The van der Waals surface area contributed by atoms with Crippen LogP contribution in [-0.2, 0) is 17.8 Å². The first-order chi connectivity index (χ1) is 13.0. The van der Waals surface area contributed by atoms with Crippen molar-refractivity contribution in [3.05, 3.63) is 76.0 Å². The van der Waals surface area contributed by atoms with Crippen molar-refractivity contribution >= 4 is 22.9 Å². The standard InChI is InChI=1S/C21H21FN2O2S/c1-14(2)15-4-3-5-17(10-15)23-20(25)11-18-13-27-21(24-18)12-26-19-8-6-16(22)7-9-19/h3-10,13-14H,11-12H2,1-2H3,(H,23,25). The van der Waals surface area contributed by atoms with Gasteiger partial charge in [0.25, 0.3) is 0 Å². The Balaban J connectivity index is 1.53. The summed E-state index contributed by atoms with van der Waals surface area (Å²) in [7, 11) is 0. The monoisotopic (exact) mass is 384 g/mol. The van der Waals surface area contributed by atoms with E-state index in [9.17, 15) is 9.18 Å². The van der Waals surface area contributed by atoms with E-state index in [1.807, 2.05) is 29.6 Å². The smallest absolute Gasteiger partial charge is 0.230 e. The highest BCUT2D eigenvalue weighted by Gasteiger charge is 2.10. The number of ether oxygens (including phenoxy) is 1. The highest BCUT2D eigenvalue weighted by atomic mass is 32.1. The summed E-state index contributed by atoms with van der Waals surface area (Å²) in [6.07, 6.45) is 0.207. The molecule has 0 aliphatic heterocycles. The van der Waals surface area contributed by atoms with Crippen molar-refractivity contribution in [1.29, 1.82) is 0 Å². The zero-order valence-electron chi connectivity index (χ0n) is 15.2. The van der Waals surface area contributed by atoms with Crippen LogP contribution in [0.1, 0.15) is 36.0 Å². The van der Waals surface area contributed by atoms with E-state index in [-0.39, 0.29) is 24.8 Å². The molecule has 0 aliphatic rings. The van der Waals surface area contributed by atoms with Gasteiger partial charge in [-0.25, -0.2) is 9.37 Å².